The smallest absolute Gasteiger partial charge is 0.189 e. The molecule has 0 spiro atoms. The van der Waals surface area contributed by atoms with E-state index < -0.39 is 74.6 Å². The van der Waals surface area contributed by atoms with Crippen LogP contribution in [0.5, 0.6) is 0 Å². The summed E-state index contributed by atoms with van der Waals surface area (Å²) < 4.78 is 15.3. The molecular formula is C12H22O11. The first-order valence-corrected chi connectivity index (χ1v) is 7.08. The number of aliphatic hydroxyl groups is 8. The lowest BCUT2D eigenvalue weighted by molar-refractivity contribution is -0.376. The van der Waals surface area contributed by atoms with Gasteiger partial charge in [-0.2, -0.15) is 0 Å². The van der Waals surface area contributed by atoms with E-state index in [9.17, 15) is 30.6 Å². The molecule has 2 rings (SSSR count). The van der Waals surface area contributed by atoms with E-state index >= 15 is 0 Å². The molecular weight excluding hydrogens is 320 g/mol. The van der Waals surface area contributed by atoms with Crippen molar-refractivity contribution in [3.05, 3.63) is 0 Å². The fourth-order valence-electron chi connectivity index (χ4n) is 2.49. The van der Waals surface area contributed by atoms with Crippen LogP contribution in [-0.2, 0) is 14.2 Å². The van der Waals surface area contributed by atoms with Crippen molar-refractivity contribution in [2.45, 2.75) is 61.4 Å². The predicted molar refractivity (Wildman–Crippen MR) is 68.6 cm³/mol. The van der Waals surface area contributed by atoms with Gasteiger partial charge in [-0.05, 0) is 0 Å². The average Bonchev–Trinajstić information content (AvgIpc) is 2.55. The van der Waals surface area contributed by atoms with Crippen molar-refractivity contribution in [2.24, 2.45) is 0 Å². The molecule has 0 amide bonds. The van der Waals surface area contributed by atoms with Crippen molar-refractivity contribution in [3.8, 4) is 0 Å². The number of rotatable bonds is 4. The van der Waals surface area contributed by atoms with Crippen LogP contribution in [0.15, 0.2) is 0 Å². The molecule has 0 aromatic heterocycles. The Hall–Kier alpha value is -0.440. The van der Waals surface area contributed by atoms with E-state index in [1.54, 1.807) is 0 Å². The zero-order valence-corrected chi connectivity index (χ0v) is 12.0. The summed E-state index contributed by atoms with van der Waals surface area (Å²) in [6, 6.07) is 0. The highest BCUT2D eigenvalue weighted by molar-refractivity contribution is 4.92. The summed E-state index contributed by atoms with van der Waals surface area (Å²) in [7, 11) is 0. The Kier molecular flexibility index (Phi) is 6.27. The van der Waals surface area contributed by atoms with Crippen LogP contribution in [0, 0.1) is 0 Å². The first kappa shape index (κ1) is 18.9. The second-order valence-corrected chi connectivity index (χ2v) is 5.53. The quantitative estimate of drug-likeness (QED) is 0.243. The Morgan fingerprint density at radius 1 is 0.565 bits per heavy atom. The molecule has 2 aliphatic rings. The zero-order valence-electron chi connectivity index (χ0n) is 12.0. The summed E-state index contributed by atoms with van der Waals surface area (Å²) in [5.41, 5.74) is 0. The van der Waals surface area contributed by atoms with Gasteiger partial charge in [0.25, 0.3) is 0 Å². The minimum absolute atomic E-state index is 0.667. The molecule has 1 unspecified atom stereocenters. The van der Waals surface area contributed by atoms with Crippen LogP contribution in [0.3, 0.4) is 0 Å². The topological polar surface area (TPSA) is 190 Å². The molecule has 10 atom stereocenters. The van der Waals surface area contributed by atoms with E-state index in [4.69, 9.17) is 24.4 Å². The summed E-state index contributed by atoms with van der Waals surface area (Å²) in [5, 5.41) is 76.4. The molecule has 11 nitrogen and oxygen atoms in total. The molecule has 2 saturated heterocycles. The van der Waals surface area contributed by atoms with Crippen molar-refractivity contribution in [2.75, 3.05) is 13.2 Å². The standard InChI is InChI=1S/C12H22O11/c13-1-3-5(15)7(17)9(19)11(21-3)23-12-10(20)8(18)6(16)4(2-14)22-12/h3-20H,1-2H2/t3-,4-,5-,6-,7+,8+,9-,10-,11-,12?/m1/s1. The molecule has 11 heteroatoms. The Morgan fingerprint density at radius 2 is 0.913 bits per heavy atom. The number of ether oxygens (including phenoxy) is 3. The second-order valence-electron chi connectivity index (χ2n) is 5.53. The molecule has 8 N–H and O–H groups in total. The van der Waals surface area contributed by atoms with Crippen molar-refractivity contribution >= 4 is 0 Å². The molecule has 2 aliphatic heterocycles. The summed E-state index contributed by atoms with van der Waals surface area (Å²) in [6.45, 7) is -1.33. The molecule has 23 heavy (non-hydrogen) atoms. The van der Waals surface area contributed by atoms with E-state index in [0.717, 1.165) is 0 Å². The van der Waals surface area contributed by atoms with Gasteiger partial charge in [0.05, 0.1) is 13.2 Å². The molecule has 136 valence electrons. The zero-order chi connectivity index (χ0) is 17.3. The highest BCUT2D eigenvalue weighted by Gasteiger charge is 2.49. The van der Waals surface area contributed by atoms with Gasteiger partial charge in [0.2, 0.25) is 0 Å². The molecule has 2 fully saturated rings. The minimum atomic E-state index is -1.72. The fraction of sp³-hybridized carbons (Fsp3) is 1.00. The third kappa shape index (κ3) is 3.65. The van der Waals surface area contributed by atoms with Gasteiger partial charge >= 0.3 is 0 Å². The first-order valence-electron chi connectivity index (χ1n) is 7.08. The van der Waals surface area contributed by atoms with Gasteiger partial charge in [-0.1, -0.05) is 0 Å². The largest absolute Gasteiger partial charge is 0.394 e. The number of hydrogen-bond donors (Lipinski definition) is 8. The van der Waals surface area contributed by atoms with Crippen LogP contribution in [-0.4, -0.2) is 115 Å². The maximum absolute atomic E-state index is 9.84. The van der Waals surface area contributed by atoms with E-state index in [2.05, 4.69) is 0 Å². The highest BCUT2D eigenvalue weighted by Crippen LogP contribution is 2.27. The van der Waals surface area contributed by atoms with Gasteiger partial charge in [0, 0.05) is 0 Å². The maximum atomic E-state index is 9.84. The van der Waals surface area contributed by atoms with Gasteiger partial charge in [0.15, 0.2) is 12.6 Å². The second kappa shape index (κ2) is 7.63. The van der Waals surface area contributed by atoms with E-state index in [-0.39, 0.29) is 0 Å². The Balaban J connectivity index is 2.07. The highest BCUT2D eigenvalue weighted by atomic mass is 16.8. The van der Waals surface area contributed by atoms with Gasteiger partial charge in [-0.25, -0.2) is 0 Å². The van der Waals surface area contributed by atoms with E-state index in [1.807, 2.05) is 0 Å². The summed E-state index contributed by atoms with van der Waals surface area (Å²) >= 11 is 0. The Labute approximate surface area is 130 Å². The molecule has 0 aromatic carbocycles. The van der Waals surface area contributed by atoms with Crippen LogP contribution < -0.4 is 0 Å². The van der Waals surface area contributed by atoms with Crippen LogP contribution >= 0.6 is 0 Å². The van der Waals surface area contributed by atoms with Crippen molar-refractivity contribution in [1.82, 2.24) is 0 Å². The predicted octanol–water partition coefficient (Wildman–Crippen LogP) is -5.40. The summed E-state index contributed by atoms with van der Waals surface area (Å²) in [4.78, 5) is 0. The lowest BCUT2D eigenvalue weighted by atomic mass is 9.98. The van der Waals surface area contributed by atoms with Crippen LogP contribution in [0.1, 0.15) is 0 Å². The normalized spacial score (nSPS) is 51.7. The van der Waals surface area contributed by atoms with E-state index in [1.165, 1.54) is 0 Å². The average molecular weight is 342 g/mol. The van der Waals surface area contributed by atoms with Gasteiger partial charge in [0.1, 0.15) is 48.8 Å². The first-order chi connectivity index (χ1) is 10.8. The fourth-order valence-corrected chi connectivity index (χ4v) is 2.49. The molecule has 0 bridgehead atoms. The van der Waals surface area contributed by atoms with Crippen molar-refractivity contribution in [1.29, 1.82) is 0 Å². The monoisotopic (exact) mass is 342 g/mol. The van der Waals surface area contributed by atoms with Crippen LogP contribution in [0.4, 0.5) is 0 Å². The Bertz CT molecular complexity index is 344. The molecule has 2 heterocycles. The maximum Gasteiger partial charge on any atom is 0.189 e. The van der Waals surface area contributed by atoms with Crippen molar-refractivity contribution in [3.63, 3.8) is 0 Å². The molecule has 0 aromatic rings. The summed E-state index contributed by atoms with van der Waals surface area (Å²) in [6.07, 6.45) is -15.6. The Morgan fingerprint density at radius 3 is 1.22 bits per heavy atom. The molecule has 0 saturated carbocycles. The van der Waals surface area contributed by atoms with Gasteiger partial charge < -0.3 is 55.1 Å². The SMILES string of the molecule is OC[C@H]1O[C@H](OC2O[C@H](CO)[C@@H](O)[C@H](O)[C@H]2O)[C@H](O)[C@@H](O)[C@@H]1O. The molecule has 0 radical (unpaired) electrons. The van der Waals surface area contributed by atoms with Crippen LogP contribution in [0.2, 0.25) is 0 Å². The third-order valence-electron chi connectivity index (χ3n) is 3.97. The van der Waals surface area contributed by atoms with Crippen LogP contribution in [0.25, 0.3) is 0 Å². The minimum Gasteiger partial charge on any atom is -0.394 e. The summed E-state index contributed by atoms with van der Waals surface area (Å²) in [5.74, 6) is 0. The van der Waals surface area contributed by atoms with Gasteiger partial charge in [-0.15, -0.1) is 0 Å². The number of aliphatic hydroxyl groups excluding tert-OH is 8. The number of hydrogen-bond acceptors (Lipinski definition) is 11. The van der Waals surface area contributed by atoms with Crippen molar-refractivity contribution < 1.29 is 55.1 Å². The lowest BCUT2D eigenvalue weighted by Crippen LogP contribution is -2.63. The lowest BCUT2D eigenvalue weighted by Gasteiger charge is -2.44. The van der Waals surface area contributed by atoms with E-state index in [0.29, 0.717) is 0 Å². The third-order valence-corrected chi connectivity index (χ3v) is 3.97. The molecule has 0 aliphatic carbocycles. The van der Waals surface area contributed by atoms with Gasteiger partial charge in [-0.3, -0.25) is 0 Å².